The van der Waals surface area contributed by atoms with Crippen LogP contribution < -0.4 is 0 Å². The monoisotopic (exact) mass is 284 g/mol. The minimum atomic E-state index is -4.67. The van der Waals surface area contributed by atoms with Gasteiger partial charge in [0.25, 0.3) is 0 Å². The molecule has 106 valence electrons. The summed E-state index contributed by atoms with van der Waals surface area (Å²) in [5, 5.41) is 9.97. The third kappa shape index (κ3) is 2.59. The maximum Gasteiger partial charge on any atom is 0.417 e. The average molecular weight is 284 g/mol. The van der Waals surface area contributed by atoms with Gasteiger partial charge in [-0.3, -0.25) is 9.59 Å². The number of Topliss-reactive ketones (excluding diaryl/α,β-unsaturated/α-hetero) is 2. The number of alkyl halides is 3. The number of aliphatic hydroxyl groups excluding tert-OH is 1. The molecular weight excluding hydrogens is 273 g/mol. The van der Waals surface area contributed by atoms with Crippen LogP contribution in [0.2, 0.25) is 0 Å². The summed E-state index contributed by atoms with van der Waals surface area (Å²) >= 11 is 0. The van der Waals surface area contributed by atoms with Gasteiger partial charge in [0.15, 0.2) is 11.6 Å². The van der Waals surface area contributed by atoms with E-state index in [0.29, 0.717) is 6.42 Å². The van der Waals surface area contributed by atoms with Crippen molar-refractivity contribution >= 4 is 17.3 Å². The molecule has 3 nitrogen and oxygen atoms in total. The van der Waals surface area contributed by atoms with E-state index in [9.17, 15) is 27.9 Å². The minimum Gasteiger partial charge on any atom is -0.506 e. The molecular formula is C14H11F3O3. The summed E-state index contributed by atoms with van der Waals surface area (Å²) in [5.41, 5.74) is -2.14. The van der Waals surface area contributed by atoms with E-state index in [1.54, 1.807) is 0 Å². The van der Waals surface area contributed by atoms with Gasteiger partial charge in [-0.15, -0.1) is 0 Å². The molecule has 0 bridgehead atoms. The van der Waals surface area contributed by atoms with Gasteiger partial charge in [-0.05, 0) is 12.5 Å². The molecule has 2 rings (SSSR count). The van der Waals surface area contributed by atoms with Crippen LogP contribution in [0.15, 0.2) is 29.8 Å². The Morgan fingerprint density at radius 3 is 2.15 bits per heavy atom. The first kappa shape index (κ1) is 14.3. The zero-order chi connectivity index (χ0) is 14.9. The van der Waals surface area contributed by atoms with Crippen LogP contribution in [0.4, 0.5) is 13.2 Å². The van der Waals surface area contributed by atoms with Crippen LogP contribution in [-0.2, 0) is 15.8 Å². The number of benzene rings is 1. The lowest BCUT2D eigenvalue weighted by atomic mass is 9.89. The van der Waals surface area contributed by atoms with Gasteiger partial charge in [0, 0.05) is 18.4 Å². The van der Waals surface area contributed by atoms with Gasteiger partial charge in [0.1, 0.15) is 11.3 Å². The van der Waals surface area contributed by atoms with E-state index in [2.05, 4.69) is 0 Å². The Balaban J connectivity index is 2.61. The van der Waals surface area contributed by atoms with Crippen LogP contribution >= 0.6 is 0 Å². The number of carbonyl (C=O) groups is 2. The van der Waals surface area contributed by atoms with Crippen molar-refractivity contribution in [2.45, 2.75) is 25.4 Å². The van der Waals surface area contributed by atoms with Gasteiger partial charge in [0.05, 0.1) is 5.56 Å². The highest BCUT2D eigenvalue weighted by molar-refractivity contribution is 6.25. The van der Waals surface area contributed by atoms with Crippen LogP contribution in [0, 0.1) is 0 Å². The summed E-state index contributed by atoms with van der Waals surface area (Å²) in [7, 11) is 0. The summed E-state index contributed by atoms with van der Waals surface area (Å²) in [6.45, 7) is 0. The average Bonchev–Trinajstić information content (AvgIpc) is 2.37. The minimum absolute atomic E-state index is 0.0549. The van der Waals surface area contributed by atoms with Crippen LogP contribution in [-0.4, -0.2) is 16.7 Å². The van der Waals surface area contributed by atoms with Crippen LogP contribution in [0.25, 0.3) is 5.76 Å². The van der Waals surface area contributed by atoms with Crippen molar-refractivity contribution in [3.8, 4) is 0 Å². The summed E-state index contributed by atoms with van der Waals surface area (Å²) in [6.07, 6.45) is -4.21. The first-order valence-corrected chi connectivity index (χ1v) is 5.98. The highest BCUT2D eigenvalue weighted by Gasteiger charge is 2.36. The molecule has 0 aliphatic heterocycles. The molecule has 0 heterocycles. The second kappa shape index (κ2) is 5.11. The molecule has 1 fully saturated rings. The van der Waals surface area contributed by atoms with E-state index in [1.807, 2.05) is 0 Å². The van der Waals surface area contributed by atoms with Crippen molar-refractivity contribution in [2.75, 3.05) is 0 Å². The Morgan fingerprint density at radius 2 is 1.60 bits per heavy atom. The molecule has 6 heteroatoms. The Kier molecular flexibility index (Phi) is 3.65. The van der Waals surface area contributed by atoms with Crippen LogP contribution in [0.1, 0.15) is 30.4 Å². The lowest BCUT2D eigenvalue weighted by Crippen LogP contribution is -2.21. The molecule has 1 N–H and O–H groups in total. The fourth-order valence-corrected chi connectivity index (χ4v) is 2.15. The summed E-state index contributed by atoms with van der Waals surface area (Å²) in [4.78, 5) is 23.3. The number of ketones is 2. The normalized spacial score (nSPS) is 16.4. The molecule has 0 amide bonds. The maximum absolute atomic E-state index is 12.9. The Bertz CT molecular complexity index is 582. The first-order valence-electron chi connectivity index (χ1n) is 5.98. The number of carbonyl (C=O) groups excluding carboxylic acids is 2. The Labute approximate surface area is 112 Å². The van der Waals surface area contributed by atoms with Gasteiger partial charge in [-0.25, -0.2) is 0 Å². The number of hydrogen-bond acceptors (Lipinski definition) is 3. The third-order valence-electron chi connectivity index (χ3n) is 3.09. The van der Waals surface area contributed by atoms with Crippen molar-refractivity contribution in [3.05, 3.63) is 41.0 Å². The molecule has 0 radical (unpaired) electrons. The highest BCUT2D eigenvalue weighted by Crippen LogP contribution is 2.36. The van der Waals surface area contributed by atoms with Gasteiger partial charge >= 0.3 is 6.18 Å². The van der Waals surface area contributed by atoms with Crippen LogP contribution in [0.3, 0.4) is 0 Å². The standard InChI is InChI=1S/C14H11F3O3/c15-14(16,17)9-5-2-1-4-8(9)13(20)12-10(18)6-3-7-11(12)19/h1-2,4-5,20H,3,6-7H2. The molecule has 1 aromatic rings. The van der Waals surface area contributed by atoms with Crippen molar-refractivity contribution in [3.63, 3.8) is 0 Å². The summed E-state index contributed by atoms with van der Waals surface area (Å²) in [5.74, 6) is -2.11. The topological polar surface area (TPSA) is 54.4 Å². The smallest absolute Gasteiger partial charge is 0.417 e. The van der Waals surface area contributed by atoms with Crippen molar-refractivity contribution in [1.82, 2.24) is 0 Å². The number of aliphatic hydroxyl groups is 1. The van der Waals surface area contributed by atoms with E-state index >= 15 is 0 Å². The molecule has 1 aliphatic rings. The number of hydrogen-bond donors (Lipinski definition) is 1. The van der Waals surface area contributed by atoms with E-state index in [4.69, 9.17) is 0 Å². The molecule has 0 aromatic heterocycles. The number of rotatable bonds is 1. The van der Waals surface area contributed by atoms with Crippen molar-refractivity contribution in [2.24, 2.45) is 0 Å². The number of halogens is 3. The molecule has 1 aliphatic carbocycles. The molecule has 0 atom stereocenters. The Hall–Kier alpha value is -2.11. The maximum atomic E-state index is 12.9. The second-order valence-corrected chi connectivity index (χ2v) is 4.47. The first-order chi connectivity index (χ1) is 9.32. The fourth-order valence-electron chi connectivity index (χ4n) is 2.15. The Morgan fingerprint density at radius 1 is 1.05 bits per heavy atom. The predicted molar refractivity (Wildman–Crippen MR) is 64.9 cm³/mol. The van der Waals surface area contributed by atoms with E-state index < -0.39 is 40.2 Å². The quantitative estimate of drug-likeness (QED) is 0.489. The zero-order valence-corrected chi connectivity index (χ0v) is 10.3. The van der Waals surface area contributed by atoms with Crippen LogP contribution in [0.5, 0.6) is 0 Å². The fraction of sp³-hybridized carbons (Fsp3) is 0.286. The molecule has 0 saturated heterocycles. The van der Waals surface area contributed by atoms with Gasteiger partial charge in [-0.1, -0.05) is 18.2 Å². The van der Waals surface area contributed by atoms with E-state index in [1.165, 1.54) is 12.1 Å². The van der Waals surface area contributed by atoms with Gasteiger partial charge in [0.2, 0.25) is 0 Å². The van der Waals surface area contributed by atoms with E-state index in [0.717, 1.165) is 12.1 Å². The zero-order valence-electron chi connectivity index (χ0n) is 10.3. The lowest BCUT2D eigenvalue weighted by Gasteiger charge is -2.16. The molecule has 0 unspecified atom stereocenters. The summed E-state index contributed by atoms with van der Waals surface area (Å²) < 4.78 is 38.6. The van der Waals surface area contributed by atoms with Crippen molar-refractivity contribution < 1.29 is 27.9 Å². The second-order valence-electron chi connectivity index (χ2n) is 4.47. The number of allylic oxidation sites excluding steroid dienone is 1. The molecule has 1 aromatic carbocycles. The SMILES string of the molecule is O=C1CCCC(=O)C1=C(O)c1ccccc1C(F)(F)F. The molecule has 1 saturated carbocycles. The lowest BCUT2D eigenvalue weighted by molar-refractivity contribution is -0.138. The largest absolute Gasteiger partial charge is 0.506 e. The van der Waals surface area contributed by atoms with Gasteiger partial charge < -0.3 is 5.11 Å². The molecule has 0 spiro atoms. The highest BCUT2D eigenvalue weighted by atomic mass is 19.4. The van der Waals surface area contributed by atoms with Gasteiger partial charge in [-0.2, -0.15) is 13.2 Å². The predicted octanol–water partition coefficient (Wildman–Crippen LogP) is 3.30. The van der Waals surface area contributed by atoms with Crippen molar-refractivity contribution in [1.29, 1.82) is 0 Å². The third-order valence-corrected chi connectivity index (χ3v) is 3.09. The van der Waals surface area contributed by atoms with E-state index in [-0.39, 0.29) is 12.8 Å². The summed E-state index contributed by atoms with van der Waals surface area (Å²) in [6, 6.07) is 4.32. The molecule has 20 heavy (non-hydrogen) atoms.